The van der Waals surface area contributed by atoms with Crippen molar-refractivity contribution in [1.82, 2.24) is 10.6 Å². The quantitative estimate of drug-likeness (QED) is 0.514. The van der Waals surface area contributed by atoms with Crippen LogP contribution in [0.15, 0.2) is 0 Å². The molecule has 0 saturated carbocycles. The number of amides is 2. The average Bonchev–Trinajstić information content (AvgIpc) is 2.35. The largest absolute Gasteiger partial charge is 0.480 e. The van der Waals surface area contributed by atoms with Crippen LogP contribution in [0.2, 0.25) is 0 Å². The van der Waals surface area contributed by atoms with Crippen LogP contribution in [-0.2, 0) is 23.9 Å². The summed E-state index contributed by atoms with van der Waals surface area (Å²) in [5.74, 6) is -2.79. The van der Waals surface area contributed by atoms with Crippen LogP contribution in [0, 0.1) is 0 Å². The Labute approximate surface area is 110 Å². The van der Waals surface area contributed by atoms with E-state index in [-0.39, 0.29) is 12.8 Å². The van der Waals surface area contributed by atoms with Crippen molar-refractivity contribution in [3.63, 3.8) is 0 Å². The molecule has 0 aromatic rings. The molecular formula is C11H18N2O6. The minimum Gasteiger partial charge on any atom is -0.480 e. The number of carboxylic acid groups (broad SMARTS) is 1. The van der Waals surface area contributed by atoms with Gasteiger partial charge < -0.3 is 20.5 Å². The molecule has 8 heteroatoms. The number of ether oxygens (including phenoxy) is 1. The second-order valence-corrected chi connectivity index (χ2v) is 3.93. The summed E-state index contributed by atoms with van der Waals surface area (Å²) in [5, 5.41) is 13.2. The Bertz CT molecular complexity index is 368. The molecule has 2 atom stereocenters. The normalized spacial score (nSPS) is 13.0. The molecule has 0 aromatic carbocycles. The molecule has 8 nitrogen and oxygen atoms in total. The number of carbonyl (C=O) groups excluding carboxylic acids is 3. The molecule has 3 N–H and O–H groups in total. The van der Waals surface area contributed by atoms with Gasteiger partial charge in [-0.1, -0.05) is 0 Å². The summed E-state index contributed by atoms with van der Waals surface area (Å²) in [4.78, 5) is 44.2. The van der Waals surface area contributed by atoms with E-state index < -0.39 is 35.8 Å². The van der Waals surface area contributed by atoms with E-state index in [0.29, 0.717) is 0 Å². The van der Waals surface area contributed by atoms with E-state index in [1.807, 2.05) is 0 Å². The number of hydrogen-bond donors (Lipinski definition) is 3. The smallest absolute Gasteiger partial charge is 0.325 e. The molecule has 0 fully saturated rings. The van der Waals surface area contributed by atoms with E-state index in [9.17, 15) is 19.2 Å². The van der Waals surface area contributed by atoms with Gasteiger partial charge in [0.25, 0.3) is 0 Å². The Morgan fingerprint density at radius 2 is 1.63 bits per heavy atom. The van der Waals surface area contributed by atoms with E-state index >= 15 is 0 Å². The Morgan fingerprint density at radius 1 is 1.05 bits per heavy atom. The number of rotatable bonds is 7. The van der Waals surface area contributed by atoms with Crippen molar-refractivity contribution in [2.45, 2.75) is 38.8 Å². The maximum Gasteiger partial charge on any atom is 0.325 e. The van der Waals surface area contributed by atoms with E-state index in [4.69, 9.17) is 5.11 Å². The van der Waals surface area contributed by atoms with Crippen molar-refractivity contribution in [2.75, 3.05) is 7.11 Å². The van der Waals surface area contributed by atoms with Crippen LogP contribution in [0.5, 0.6) is 0 Å². The second kappa shape index (κ2) is 8.06. The number of carboxylic acids is 1. The fourth-order valence-electron chi connectivity index (χ4n) is 1.10. The van der Waals surface area contributed by atoms with Crippen LogP contribution in [-0.4, -0.2) is 48.1 Å². The summed E-state index contributed by atoms with van der Waals surface area (Å²) in [6.45, 7) is 2.73. The molecule has 0 heterocycles. The fraction of sp³-hybridized carbons (Fsp3) is 0.636. The van der Waals surface area contributed by atoms with Gasteiger partial charge in [-0.3, -0.25) is 19.2 Å². The van der Waals surface area contributed by atoms with Crippen LogP contribution >= 0.6 is 0 Å². The van der Waals surface area contributed by atoms with Gasteiger partial charge in [0, 0.05) is 6.42 Å². The summed E-state index contributed by atoms with van der Waals surface area (Å²) in [7, 11) is 1.21. The Balaban J connectivity index is 4.11. The summed E-state index contributed by atoms with van der Waals surface area (Å²) in [5.41, 5.74) is 0. The topological polar surface area (TPSA) is 122 Å². The highest BCUT2D eigenvalue weighted by molar-refractivity contribution is 5.90. The van der Waals surface area contributed by atoms with E-state index in [2.05, 4.69) is 15.4 Å². The van der Waals surface area contributed by atoms with E-state index in [0.717, 1.165) is 0 Å². The van der Waals surface area contributed by atoms with Gasteiger partial charge in [-0.25, -0.2) is 0 Å². The highest BCUT2D eigenvalue weighted by Gasteiger charge is 2.20. The van der Waals surface area contributed by atoms with Gasteiger partial charge >= 0.3 is 11.9 Å². The van der Waals surface area contributed by atoms with Gasteiger partial charge in [0.1, 0.15) is 12.1 Å². The first kappa shape index (κ1) is 16.9. The van der Waals surface area contributed by atoms with E-state index in [1.165, 1.54) is 21.0 Å². The van der Waals surface area contributed by atoms with Crippen molar-refractivity contribution >= 4 is 23.8 Å². The van der Waals surface area contributed by atoms with Gasteiger partial charge in [0.05, 0.1) is 13.5 Å². The Morgan fingerprint density at radius 3 is 2.11 bits per heavy atom. The summed E-state index contributed by atoms with van der Waals surface area (Å²) >= 11 is 0. The van der Waals surface area contributed by atoms with Gasteiger partial charge in [-0.15, -0.1) is 0 Å². The molecule has 19 heavy (non-hydrogen) atoms. The summed E-state index contributed by atoms with van der Waals surface area (Å²) < 4.78 is 4.37. The third kappa shape index (κ3) is 7.02. The molecule has 0 saturated heterocycles. The van der Waals surface area contributed by atoms with Gasteiger partial charge in [0.15, 0.2) is 0 Å². The highest BCUT2D eigenvalue weighted by Crippen LogP contribution is 1.94. The van der Waals surface area contributed by atoms with Gasteiger partial charge in [0.2, 0.25) is 11.8 Å². The highest BCUT2D eigenvalue weighted by atomic mass is 16.5. The maximum absolute atomic E-state index is 11.5. The molecule has 0 bridgehead atoms. The first-order chi connectivity index (χ1) is 8.77. The van der Waals surface area contributed by atoms with Crippen LogP contribution in [0.25, 0.3) is 0 Å². The molecule has 0 aliphatic carbocycles. The molecule has 0 radical (unpaired) electrons. The summed E-state index contributed by atoms with van der Waals surface area (Å²) in [6.07, 6.45) is -0.180. The van der Waals surface area contributed by atoms with Crippen molar-refractivity contribution in [3.05, 3.63) is 0 Å². The zero-order valence-electron chi connectivity index (χ0n) is 11.1. The molecule has 0 aromatic heterocycles. The lowest BCUT2D eigenvalue weighted by Gasteiger charge is -2.16. The first-order valence-electron chi connectivity index (χ1n) is 5.67. The number of methoxy groups -OCH3 is 1. The molecule has 0 aliphatic rings. The number of hydrogen-bond acceptors (Lipinski definition) is 5. The zero-order valence-corrected chi connectivity index (χ0v) is 11.1. The monoisotopic (exact) mass is 274 g/mol. The zero-order chi connectivity index (χ0) is 15.0. The SMILES string of the molecule is COC(=O)CCC(=O)N[C@@H](C)C(=O)N[C@@H](C)C(=O)O. The minimum absolute atomic E-state index is 0.0811. The van der Waals surface area contributed by atoms with Crippen molar-refractivity contribution in [1.29, 1.82) is 0 Å². The second-order valence-electron chi connectivity index (χ2n) is 3.93. The van der Waals surface area contributed by atoms with Crippen molar-refractivity contribution < 1.29 is 29.0 Å². The first-order valence-corrected chi connectivity index (χ1v) is 5.67. The van der Waals surface area contributed by atoms with Gasteiger partial charge in [-0.05, 0) is 13.8 Å². The van der Waals surface area contributed by atoms with Crippen molar-refractivity contribution in [2.24, 2.45) is 0 Å². The molecule has 108 valence electrons. The average molecular weight is 274 g/mol. The molecule has 0 unspecified atom stereocenters. The predicted octanol–water partition coefficient (Wildman–Crippen LogP) is -0.966. The maximum atomic E-state index is 11.5. The Kier molecular flexibility index (Phi) is 7.16. The van der Waals surface area contributed by atoms with Crippen molar-refractivity contribution in [3.8, 4) is 0 Å². The standard InChI is InChI=1S/C11H18N2O6/c1-6(10(16)13-7(2)11(17)18)12-8(14)4-5-9(15)19-3/h6-7H,4-5H2,1-3H3,(H,12,14)(H,13,16)(H,17,18)/t6-,7-/m0/s1. The van der Waals surface area contributed by atoms with Crippen LogP contribution in [0.3, 0.4) is 0 Å². The number of carbonyl (C=O) groups is 4. The van der Waals surface area contributed by atoms with E-state index in [1.54, 1.807) is 0 Å². The lowest BCUT2D eigenvalue weighted by atomic mass is 10.2. The lowest BCUT2D eigenvalue weighted by molar-refractivity contribution is -0.143. The third-order valence-corrected chi connectivity index (χ3v) is 2.28. The van der Waals surface area contributed by atoms with Crippen LogP contribution in [0.1, 0.15) is 26.7 Å². The summed E-state index contributed by atoms with van der Waals surface area (Å²) in [6, 6.07) is -1.92. The number of esters is 1. The van der Waals surface area contributed by atoms with Crippen LogP contribution in [0.4, 0.5) is 0 Å². The van der Waals surface area contributed by atoms with Crippen LogP contribution < -0.4 is 10.6 Å². The van der Waals surface area contributed by atoms with Gasteiger partial charge in [-0.2, -0.15) is 0 Å². The molecule has 0 rings (SSSR count). The molecular weight excluding hydrogens is 256 g/mol. The predicted molar refractivity (Wildman–Crippen MR) is 64.1 cm³/mol. The number of nitrogens with one attached hydrogen (secondary N) is 2. The molecule has 0 spiro atoms. The third-order valence-electron chi connectivity index (χ3n) is 2.28. The molecule has 0 aliphatic heterocycles. The minimum atomic E-state index is -1.17. The Hall–Kier alpha value is -2.12. The fourth-order valence-corrected chi connectivity index (χ4v) is 1.10. The lowest BCUT2D eigenvalue weighted by Crippen LogP contribution is -2.49. The number of aliphatic carboxylic acids is 1. The molecule has 2 amide bonds.